The molecule has 0 fully saturated rings. The molecule has 49 heavy (non-hydrogen) atoms. The molecule has 0 bridgehead atoms. The van der Waals surface area contributed by atoms with E-state index in [0.29, 0.717) is 5.95 Å². The molecule has 5 heteroatoms. The zero-order valence-electron chi connectivity index (χ0n) is 27.4. The number of rotatable bonds is 3. The second kappa shape index (κ2) is 10.5. The summed E-state index contributed by atoms with van der Waals surface area (Å²) in [5, 5.41) is 6.36. The maximum absolute atomic E-state index is 5.42. The number of aromatic nitrogens is 2. The Hall–Kier alpha value is -6.04. The van der Waals surface area contributed by atoms with E-state index < -0.39 is 8.07 Å². The van der Waals surface area contributed by atoms with Crippen molar-refractivity contribution in [2.24, 2.45) is 0 Å². The molecule has 3 heterocycles. The van der Waals surface area contributed by atoms with E-state index in [0.717, 1.165) is 33.5 Å². The number of benzene rings is 7. The van der Waals surface area contributed by atoms with Crippen LogP contribution in [0.1, 0.15) is 0 Å². The minimum absolute atomic E-state index is 0.680. The molecule has 8 aromatic rings. The van der Waals surface area contributed by atoms with Crippen LogP contribution in [-0.4, -0.2) is 18.0 Å². The summed E-state index contributed by atoms with van der Waals surface area (Å²) in [6.45, 7) is 5.03. The molecule has 7 aromatic carbocycles. The fourth-order valence-corrected chi connectivity index (χ4v) is 11.7. The molecule has 0 radical (unpaired) electrons. The van der Waals surface area contributed by atoms with Crippen molar-refractivity contribution in [3.8, 4) is 22.4 Å². The van der Waals surface area contributed by atoms with Gasteiger partial charge in [0, 0.05) is 0 Å². The zero-order valence-corrected chi connectivity index (χ0v) is 28.5. The van der Waals surface area contributed by atoms with Gasteiger partial charge in [0.25, 0.3) is 0 Å². The van der Waals surface area contributed by atoms with Gasteiger partial charge < -0.3 is 0 Å². The average Bonchev–Trinajstić information content (AvgIpc) is 3.15. The maximum atomic E-state index is 5.42. The van der Waals surface area contributed by atoms with Crippen LogP contribution in [0, 0.1) is 0 Å². The Labute approximate surface area is 286 Å². The SMILES string of the molecule is C[SiH-]1(C)c2ccccc2N(c2ccccc2)c2cc3c(cc21)N(c1nc(-c2ccccc2)c2ccccc2n1)c1cccc2cccc-3c12. The van der Waals surface area contributed by atoms with Crippen LogP contribution in [0.4, 0.5) is 34.4 Å². The first-order valence-electron chi connectivity index (χ1n) is 17.1. The average molecular weight is 646 g/mol. The number of fused-ring (bicyclic) bond motifs is 5. The molecule has 0 spiro atoms. The Kier molecular flexibility index (Phi) is 5.99. The van der Waals surface area contributed by atoms with Gasteiger partial charge in [-0.25, -0.2) is 0 Å². The molecule has 10 rings (SSSR count). The van der Waals surface area contributed by atoms with E-state index in [1.165, 1.54) is 49.3 Å². The summed E-state index contributed by atoms with van der Waals surface area (Å²) < 4.78 is 0. The van der Waals surface area contributed by atoms with Gasteiger partial charge in [-0.2, -0.15) is 0 Å². The molecule has 0 unspecified atom stereocenters. The molecule has 234 valence electrons. The monoisotopic (exact) mass is 645 g/mol. The third kappa shape index (κ3) is 4.09. The first-order chi connectivity index (χ1) is 24.1. The van der Waals surface area contributed by atoms with E-state index in [1.54, 1.807) is 0 Å². The number of para-hydroxylation sites is 3. The Bertz CT molecular complexity index is 2590. The van der Waals surface area contributed by atoms with Crippen LogP contribution in [-0.2, 0) is 0 Å². The van der Waals surface area contributed by atoms with Crippen LogP contribution in [0.5, 0.6) is 0 Å². The van der Waals surface area contributed by atoms with Gasteiger partial charge in [0.2, 0.25) is 0 Å². The van der Waals surface area contributed by atoms with Gasteiger partial charge in [-0.05, 0) is 0 Å². The summed E-state index contributed by atoms with van der Waals surface area (Å²) in [5.41, 5.74) is 11.3. The van der Waals surface area contributed by atoms with Gasteiger partial charge in [0.1, 0.15) is 0 Å². The predicted molar refractivity (Wildman–Crippen MR) is 209 cm³/mol. The first-order valence-corrected chi connectivity index (χ1v) is 20.6. The van der Waals surface area contributed by atoms with Crippen molar-refractivity contribution in [2.45, 2.75) is 13.1 Å². The molecule has 0 amide bonds. The summed E-state index contributed by atoms with van der Waals surface area (Å²) in [4.78, 5) is 15.5. The molecule has 0 N–H and O–H groups in total. The van der Waals surface area contributed by atoms with E-state index in [9.17, 15) is 0 Å². The molecular weight excluding hydrogens is 613 g/mol. The van der Waals surface area contributed by atoms with Crippen molar-refractivity contribution in [3.63, 3.8) is 0 Å². The van der Waals surface area contributed by atoms with Gasteiger partial charge in [-0.15, -0.1) is 0 Å². The summed E-state index contributed by atoms with van der Waals surface area (Å²) >= 11 is 0. The Balaban J connectivity index is 1.31. The van der Waals surface area contributed by atoms with E-state index in [1.807, 2.05) is 0 Å². The fraction of sp³-hybridized carbons (Fsp3) is 0.0455. The van der Waals surface area contributed by atoms with Crippen molar-refractivity contribution in [3.05, 3.63) is 158 Å². The van der Waals surface area contributed by atoms with E-state index >= 15 is 0 Å². The summed E-state index contributed by atoms with van der Waals surface area (Å²) in [5.74, 6) is 0.680. The molecule has 4 nitrogen and oxygen atoms in total. The number of hydrogen-bond acceptors (Lipinski definition) is 4. The quantitative estimate of drug-likeness (QED) is 0.179. The van der Waals surface area contributed by atoms with Crippen LogP contribution >= 0.6 is 0 Å². The third-order valence-corrected chi connectivity index (χ3v) is 14.7. The van der Waals surface area contributed by atoms with Crippen molar-refractivity contribution in [1.29, 1.82) is 0 Å². The Morgan fingerprint density at radius 2 is 1.18 bits per heavy atom. The van der Waals surface area contributed by atoms with Crippen molar-refractivity contribution >= 4 is 74.5 Å². The van der Waals surface area contributed by atoms with Gasteiger partial charge in [0.05, 0.1) is 0 Å². The molecule has 0 aliphatic carbocycles. The molecule has 0 saturated carbocycles. The molecule has 0 atom stereocenters. The fourth-order valence-electron chi connectivity index (χ4n) is 8.28. The van der Waals surface area contributed by atoms with Crippen LogP contribution < -0.4 is 20.2 Å². The molecule has 1 aromatic heterocycles. The van der Waals surface area contributed by atoms with Gasteiger partial charge in [-0.3, -0.25) is 0 Å². The zero-order chi connectivity index (χ0) is 32.7. The number of anilines is 6. The van der Waals surface area contributed by atoms with Gasteiger partial charge >= 0.3 is 287 Å². The first kappa shape index (κ1) is 28.0. The van der Waals surface area contributed by atoms with Crippen molar-refractivity contribution < 1.29 is 0 Å². The Morgan fingerprint density at radius 3 is 2.02 bits per heavy atom. The standard InChI is InChI=1S/C44H33N4Si/c1-49(2)40-26-12-11-24-36(40)47(31-19-7-4-8-20-31)39-27-34-32-22-13-17-29-18-14-25-37(42(29)32)48(38(34)28-41(39)49)44-45-35-23-10-9-21-33(35)43(46-44)30-15-5-3-6-16-30/h3-28,49H,1-2H3/q-1. The third-order valence-electron chi connectivity index (χ3n) is 10.6. The van der Waals surface area contributed by atoms with Gasteiger partial charge in [-0.1, -0.05) is 0 Å². The summed E-state index contributed by atoms with van der Waals surface area (Å²) in [6, 6.07) is 56.9. The van der Waals surface area contributed by atoms with Gasteiger partial charge in [0.15, 0.2) is 0 Å². The molecule has 2 aliphatic heterocycles. The van der Waals surface area contributed by atoms with Crippen molar-refractivity contribution in [1.82, 2.24) is 9.97 Å². The predicted octanol–water partition coefficient (Wildman–Crippen LogP) is 10.2. The second-order valence-corrected chi connectivity index (χ2v) is 18.8. The second-order valence-electron chi connectivity index (χ2n) is 13.8. The van der Waals surface area contributed by atoms with E-state index in [-0.39, 0.29) is 0 Å². The summed E-state index contributed by atoms with van der Waals surface area (Å²) in [7, 11) is -2.55. The Morgan fingerprint density at radius 1 is 0.490 bits per heavy atom. The molecule has 2 aliphatic rings. The summed E-state index contributed by atoms with van der Waals surface area (Å²) in [6.07, 6.45) is 0. The van der Waals surface area contributed by atoms with Crippen molar-refractivity contribution in [2.75, 3.05) is 9.80 Å². The minimum atomic E-state index is -2.55. The van der Waals surface area contributed by atoms with E-state index in [4.69, 9.17) is 9.97 Å². The molecular formula is C44H33N4Si-. The van der Waals surface area contributed by atoms with Crippen LogP contribution in [0.2, 0.25) is 13.1 Å². The van der Waals surface area contributed by atoms with E-state index in [2.05, 4.69) is 181 Å². The molecule has 0 saturated heterocycles. The topological polar surface area (TPSA) is 32.3 Å². The van der Waals surface area contributed by atoms with Crippen LogP contribution in [0.3, 0.4) is 0 Å². The normalized spacial score (nSPS) is 14.7. The number of hydrogen-bond donors (Lipinski definition) is 0. The number of nitrogens with zero attached hydrogens (tertiary/aromatic N) is 4. The van der Waals surface area contributed by atoms with Crippen LogP contribution in [0.15, 0.2) is 158 Å². The van der Waals surface area contributed by atoms with Crippen LogP contribution in [0.25, 0.3) is 44.1 Å².